The Labute approximate surface area is 136 Å². The van der Waals surface area contributed by atoms with E-state index in [0.29, 0.717) is 25.2 Å². The van der Waals surface area contributed by atoms with E-state index in [9.17, 15) is 4.79 Å². The van der Waals surface area contributed by atoms with E-state index in [1.807, 2.05) is 18.2 Å². The summed E-state index contributed by atoms with van der Waals surface area (Å²) in [7, 11) is 0. The van der Waals surface area contributed by atoms with Gasteiger partial charge >= 0.3 is 6.03 Å². The van der Waals surface area contributed by atoms with Gasteiger partial charge in [-0.1, -0.05) is 18.9 Å². The van der Waals surface area contributed by atoms with Gasteiger partial charge in [0, 0.05) is 6.04 Å². The number of rotatable bonds is 4. The van der Waals surface area contributed by atoms with Gasteiger partial charge in [-0.2, -0.15) is 0 Å². The predicted molar refractivity (Wildman–Crippen MR) is 86.8 cm³/mol. The number of carbonyl (C=O) groups is 1. The molecule has 1 atom stereocenters. The average molecular weight is 316 g/mol. The molecular formula is C18H24N2O3. The normalized spacial score (nSPS) is 21.7. The molecule has 0 spiro atoms. The van der Waals surface area contributed by atoms with Crippen LogP contribution in [0.1, 0.15) is 50.1 Å². The second-order valence-electron chi connectivity index (χ2n) is 6.82. The van der Waals surface area contributed by atoms with Gasteiger partial charge in [0.05, 0.1) is 6.04 Å². The van der Waals surface area contributed by atoms with Crippen molar-refractivity contribution >= 4 is 6.03 Å². The Kier molecular flexibility index (Phi) is 4.02. The van der Waals surface area contributed by atoms with Gasteiger partial charge in [0.2, 0.25) is 0 Å². The summed E-state index contributed by atoms with van der Waals surface area (Å²) in [5.41, 5.74) is 1.11. The Morgan fingerprint density at radius 2 is 1.78 bits per heavy atom. The van der Waals surface area contributed by atoms with Crippen LogP contribution < -0.4 is 20.1 Å². The number of nitrogens with one attached hydrogen (secondary N) is 2. The number of hydrogen-bond donors (Lipinski definition) is 2. The minimum Gasteiger partial charge on any atom is -0.486 e. The van der Waals surface area contributed by atoms with E-state index in [-0.39, 0.29) is 12.1 Å². The second-order valence-corrected chi connectivity index (χ2v) is 6.82. The summed E-state index contributed by atoms with van der Waals surface area (Å²) in [6, 6.07) is 6.39. The van der Waals surface area contributed by atoms with Crippen LogP contribution in [0, 0.1) is 5.92 Å². The molecule has 0 bridgehead atoms. The zero-order chi connectivity index (χ0) is 15.6. The Morgan fingerprint density at radius 3 is 2.52 bits per heavy atom. The first kappa shape index (κ1) is 14.7. The smallest absolute Gasteiger partial charge is 0.315 e. The predicted octanol–water partition coefficient (Wildman–Crippen LogP) is 3.15. The van der Waals surface area contributed by atoms with Crippen LogP contribution in [0.15, 0.2) is 18.2 Å². The van der Waals surface area contributed by atoms with Gasteiger partial charge in [0.15, 0.2) is 11.5 Å². The van der Waals surface area contributed by atoms with Gasteiger partial charge < -0.3 is 20.1 Å². The van der Waals surface area contributed by atoms with Crippen LogP contribution in [0.4, 0.5) is 4.79 Å². The Bertz CT molecular complexity index is 580. The lowest BCUT2D eigenvalue weighted by molar-refractivity contribution is 0.171. The molecular weight excluding hydrogens is 292 g/mol. The zero-order valence-corrected chi connectivity index (χ0v) is 13.3. The molecule has 2 aliphatic carbocycles. The Hall–Kier alpha value is -1.91. The lowest BCUT2D eigenvalue weighted by Crippen LogP contribution is -2.43. The SMILES string of the molecule is O=C(NC1CCCC1)NC(c1ccc2c(c1)OCCO2)C1CC1. The number of fused-ring (bicyclic) bond motifs is 1. The zero-order valence-electron chi connectivity index (χ0n) is 13.3. The van der Waals surface area contributed by atoms with Gasteiger partial charge in [-0.05, 0) is 49.3 Å². The monoisotopic (exact) mass is 316 g/mol. The van der Waals surface area contributed by atoms with Gasteiger partial charge in [0.1, 0.15) is 13.2 Å². The van der Waals surface area contributed by atoms with E-state index < -0.39 is 0 Å². The van der Waals surface area contributed by atoms with Gasteiger partial charge in [-0.15, -0.1) is 0 Å². The minimum absolute atomic E-state index is 0.0383. The maximum absolute atomic E-state index is 12.3. The Morgan fingerprint density at radius 1 is 1.04 bits per heavy atom. The van der Waals surface area contributed by atoms with Gasteiger partial charge in [-0.25, -0.2) is 4.79 Å². The molecule has 0 radical (unpaired) electrons. The molecule has 23 heavy (non-hydrogen) atoms. The van der Waals surface area contributed by atoms with Crippen molar-refractivity contribution in [3.05, 3.63) is 23.8 Å². The lowest BCUT2D eigenvalue weighted by Gasteiger charge is -2.24. The maximum atomic E-state index is 12.3. The quantitative estimate of drug-likeness (QED) is 0.897. The number of benzene rings is 1. The van der Waals surface area contributed by atoms with Crippen molar-refractivity contribution in [3.63, 3.8) is 0 Å². The van der Waals surface area contributed by atoms with Crippen LogP contribution >= 0.6 is 0 Å². The van der Waals surface area contributed by atoms with Crippen molar-refractivity contribution in [2.24, 2.45) is 5.92 Å². The fourth-order valence-corrected chi connectivity index (χ4v) is 3.59. The molecule has 1 unspecified atom stereocenters. The van der Waals surface area contributed by atoms with Crippen LogP contribution in [0.5, 0.6) is 11.5 Å². The van der Waals surface area contributed by atoms with Crippen LogP contribution in [-0.4, -0.2) is 25.3 Å². The fraction of sp³-hybridized carbons (Fsp3) is 0.611. The number of urea groups is 1. The largest absolute Gasteiger partial charge is 0.486 e. The van der Waals surface area contributed by atoms with Crippen molar-refractivity contribution in [1.82, 2.24) is 10.6 Å². The molecule has 2 amide bonds. The summed E-state index contributed by atoms with van der Waals surface area (Å²) >= 11 is 0. The molecule has 2 saturated carbocycles. The molecule has 3 aliphatic rings. The molecule has 124 valence electrons. The number of hydrogen-bond acceptors (Lipinski definition) is 3. The molecule has 1 heterocycles. The molecule has 4 rings (SSSR count). The van der Waals surface area contributed by atoms with E-state index in [4.69, 9.17) is 9.47 Å². The summed E-state index contributed by atoms with van der Waals surface area (Å²) in [6.45, 7) is 1.18. The van der Waals surface area contributed by atoms with Gasteiger partial charge in [-0.3, -0.25) is 0 Å². The molecule has 2 fully saturated rings. The third kappa shape index (κ3) is 3.38. The van der Waals surface area contributed by atoms with Crippen molar-refractivity contribution < 1.29 is 14.3 Å². The van der Waals surface area contributed by atoms with Crippen molar-refractivity contribution in [2.75, 3.05) is 13.2 Å². The third-order valence-electron chi connectivity index (χ3n) is 5.00. The first-order chi connectivity index (χ1) is 11.3. The van der Waals surface area contributed by atoms with Crippen LogP contribution in [0.3, 0.4) is 0 Å². The highest BCUT2D eigenvalue weighted by molar-refractivity contribution is 5.75. The van der Waals surface area contributed by atoms with E-state index in [0.717, 1.165) is 29.9 Å². The van der Waals surface area contributed by atoms with Crippen molar-refractivity contribution in [1.29, 1.82) is 0 Å². The second kappa shape index (κ2) is 6.30. The van der Waals surface area contributed by atoms with E-state index in [1.54, 1.807) is 0 Å². The molecule has 5 heteroatoms. The molecule has 1 aromatic carbocycles. The van der Waals surface area contributed by atoms with Crippen LogP contribution in [0.25, 0.3) is 0 Å². The number of ether oxygens (including phenoxy) is 2. The van der Waals surface area contributed by atoms with E-state index in [1.165, 1.54) is 25.7 Å². The fourth-order valence-electron chi connectivity index (χ4n) is 3.59. The first-order valence-electron chi connectivity index (χ1n) is 8.76. The lowest BCUT2D eigenvalue weighted by atomic mass is 10.0. The first-order valence-corrected chi connectivity index (χ1v) is 8.76. The number of amides is 2. The molecule has 2 N–H and O–H groups in total. The molecule has 0 aromatic heterocycles. The maximum Gasteiger partial charge on any atom is 0.315 e. The summed E-state index contributed by atoms with van der Waals surface area (Å²) < 4.78 is 11.3. The van der Waals surface area contributed by atoms with Crippen LogP contribution in [0.2, 0.25) is 0 Å². The highest BCUT2D eigenvalue weighted by Crippen LogP contribution is 2.43. The van der Waals surface area contributed by atoms with E-state index >= 15 is 0 Å². The Balaban J connectivity index is 1.46. The molecule has 1 aromatic rings. The third-order valence-corrected chi connectivity index (χ3v) is 5.00. The van der Waals surface area contributed by atoms with Crippen molar-refractivity contribution in [2.45, 2.75) is 50.6 Å². The van der Waals surface area contributed by atoms with E-state index in [2.05, 4.69) is 10.6 Å². The molecule has 5 nitrogen and oxygen atoms in total. The summed E-state index contributed by atoms with van der Waals surface area (Å²) in [4.78, 5) is 12.3. The van der Waals surface area contributed by atoms with Crippen LogP contribution in [-0.2, 0) is 0 Å². The molecule has 0 saturated heterocycles. The standard InChI is InChI=1S/C18H24N2O3/c21-18(19-14-3-1-2-4-14)20-17(12-5-6-12)13-7-8-15-16(11-13)23-10-9-22-15/h7-8,11-12,14,17H,1-6,9-10H2,(H2,19,20,21). The molecule has 1 aliphatic heterocycles. The number of carbonyl (C=O) groups excluding carboxylic acids is 1. The topological polar surface area (TPSA) is 59.6 Å². The summed E-state index contributed by atoms with van der Waals surface area (Å²) in [5.74, 6) is 2.12. The average Bonchev–Trinajstić information content (AvgIpc) is 3.29. The summed E-state index contributed by atoms with van der Waals surface area (Å²) in [6.07, 6.45) is 6.99. The van der Waals surface area contributed by atoms with Crippen molar-refractivity contribution in [3.8, 4) is 11.5 Å². The summed E-state index contributed by atoms with van der Waals surface area (Å²) in [5, 5.41) is 6.30. The minimum atomic E-state index is -0.0383. The van der Waals surface area contributed by atoms with Gasteiger partial charge in [0.25, 0.3) is 0 Å². The highest BCUT2D eigenvalue weighted by Gasteiger charge is 2.34. The highest BCUT2D eigenvalue weighted by atomic mass is 16.6.